The summed E-state index contributed by atoms with van der Waals surface area (Å²) in [6.07, 6.45) is 4.23. The number of amides is 4. The molecule has 3 aliphatic heterocycles. The van der Waals surface area contributed by atoms with Crippen LogP contribution in [0.15, 0.2) is 67.3 Å². The lowest BCUT2D eigenvalue weighted by Gasteiger charge is -2.43. The van der Waals surface area contributed by atoms with Crippen molar-refractivity contribution in [1.29, 1.82) is 0 Å². The van der Waals surface area contributed by atoms with Crippen LogP contribution in [-0.2, 0) is 24.4 Å². The zero-order valence-electron chi connectivity index (χ0n) is 34.8. The molecule has 9 rings (SSSR count). The van der Waals surface area contributed by atoms with E-state index >= 15 is 4.79 Å². The monoisotopic (exact) mass is 854 g/mol. The highest BCUT2D eigenvalue weighted by Gasteiger charge is 2.70. The molecule has 1 aromatic heterocycles. The van der Waals surface area contributed by atoms with Crippen molar-refractivity contribution in [2.75, 3.05) is 26.7 Å². The first-order valence-corrected chi connectivity index (χ1v) is 22.9. The SMILES string of the molecule is C=C[C@@H]1C[C@]1(NC(=O)[C@@H]1C[C@@H](Oc2cc(-c3ccccc3)nc3cc(OC)ccc23)CN1C(=O)[C@H]1CC2N3CCC(CNC(=O)O)CC23CC1(C)C)C(=O)NS(=O)(=O)C1CC1. The standard InChI is InChI=1S/C45H54N6O9S/c1-5-28-22-45(28,41(54)49-61(57,58)31-12-13-31)48-39(52)36-18-30(60-37-20-34(27-9-7-6-8-10-27)47-35-17-29(59-4)11-14-32(35)37)24-50(36)40(53)33-19-38-44(25-43(33,2)3)21-26(15-16-51(38)44)23-46-42(55)56/h5-11,14,17,20,26,28,30-31,33,36,38,46H,1,12-13,15-16,18-19,21-25H2,2-4H3,(H,48,52)(H,49,54)(H,55,56)/t26?,28-,30-,33-,36+,38?,44?,45-,51?/m1/s1. The van der Waals surface area contributed by atoms with E-state index in [-0.39, 0.29) is 42.8 Å². The molecule has 4 heterocycles. The van der Waals surface area contributed by atoms with Gasteiger partial charge in [-0.25, -0.2) is 18.2 Å². The number of aromatic nitrogens is 1. The van der Waals surface area contributed by atoms with Gasteiger partial charge >= 0.3 is 6.09 Å². The predicted molar refractivity (Wildman–Crippen MR) is 226 cm³/mol. The minimum absolute atomic E-state index is 0.0927. The summed E-state index contributed by atoms with van der Waals surface area (Å²) >= 11 is 0. The number of pyridine rings is 1. The third-order valence-corrected chi connectivity index (χ3v) is 16.2. The van der Waals surface area contributed by atoms with Crippen molar-refractivity contribution in [3.63, 3.8) is 0 Å². The van der Waals surface area contributed by atoms with Crippen LogP contribution in [0.4, 0.5) is 4.79 Å². The van der Waals surface area contributed by atoms with Gasteiger partial charge in [0.1, 0.15) is 29.2 Å². The maximum atomic E-state index is 15.2. The van der Waals surface area contributed by atoms with Crippen molar-refractivity contribution in [3.05, 3.63) is 67.3 Å². The number of sulfonamides is 1. The van der Waals surface area contributed by atoms with E-state index in [0.29, 0.717) is 48.5 Å². The minimum atomic E-state index is -3.90. The summed E-state index contributed by atoms with van der Waals surface area (Å²) in [5.74, 6) is -1.07. The second-order valence-corrected chi connectivity index (χ2v) is 20.7. The van der Waals surface area contributed by atoms with Crippen LogP contribution in [0.5, 0.6) is 11.5 Å². The van der Waals surface area contributed by atoms with E-state index in [9.17, 15) is 27.9 Å². The molecule has 4 N–H and O–H groups in total. The first-order chi connectivity index (χ1) is 29.1. The Balaban J connectivity index is 1.01. The Bertz CT molecular complexity index is 2410. The predicted octanol–water partition coefficient (Wildman–Crippen LogP) is 4.46. The number of nitrogens with zero attached hydrogens (tertiary/aromatic N) is 3. The molecule has 6 fully saturated rings. The number of hydrogen-bond donors (Lipinski definition) is 4. The van der Waals surface area contributed by atoms with Crippen LogP contribution < -0.4 is 24.8 Å². The third-order valence-electron chi connectivity index (χ3n) is 14.4. The average molecular weight is 855 g/mol. The van der Waals surface area contributed by atoms with Gasteiger partial charge in [-0.1, -0.05) is 50.3 Å². The zero-order chi connectivity index (χ0) is 43.1. The fraction of sp³-hybridized carbons (Fsp3) is 0.533. The third kappa shape index (κ3) is 7.49. The van der Waals surface area contributed by atoms with Crippen molar-refractivity contribution < 1.29 is 42.2 Å². The molecule has 0 radical (unpaired) electrons. The molecule has 3 aromatic rings. The quantitative estimate of drug-likeness (QED) is 0.140. The summed E-state index contributed by atoms with van der Waals surface area (Å²) < 4.78 is 40.3. The van der Waals surface area contributed by atoms with E-state index in [4.69, 9.17) is 14.5 Å². The first-order valence-electron chi connectivity index (χ1n) is 21.3. The maximum absolute atomic E-state index is 15.2. The zero-order valence-corrected chi connectivity index (χ0v) is 35.6. The average Bonchev–Trinajstić information content (AvgIpc) is 4.18. The van der Waals surface area contributed by atoms with Crippen molar-refractivity contribution >= 4 is 44.7 Å². The van der Waals surface area contributed by atoms with E-state index in [2.05, 4.69) is 40.7 Å². The molecule has 3 saturated heterocycles. The molecule has 9 atom stereocenters. The van der Waals surface area contributed by atoms with Gasteiger partial charge in [-0.15, -0.1) is 6.58 Å². The van der Waals surface area contributed by atoms with Gasteiger partial charge in [-0.05, 0) is 75.0 Å². The summed E-state index contributed by atoms with van der Waals surface area (Å²) in [6.45, 7) is 9.40. The summed E-state index contributed by atoms with van der Waals surface area (Å²) in [4.78, 5) is 63.9. The van der Waals surface area contributed by atoms with Crippen LogP contribution in [0, 0.1) is 23.2 Å². The fourth-order valence-corrected chi connectivity index (χ4v) is 12.3. The molecule has 2 aromatic carbocycles. The van der Waals surface area contributed by atoms with Crippen LogP contribution in [0.25, 0.3) is 22.2 Å². The number of carbonyl (C=O) groups excluding carboxylic acids is 3. The van der Waals surface area contributed by atoms with Crippen molar-refractivity contribution in [3.8, 4) is 22.8 Å². The lowest BCUT2D eigenvalue weighted by Crippen LogP contribution is -2.57. The molecule has 3 aliphatic carbocycles. The topological polar surface area (TPSA) is 196 Å². The van der Waals surface area contributed by atoms with Gasteiger partial charge in [0.25, 0.3) is 5.91 Å². The van der Waals surface area contributed by atoms with Gasteiger partial charge in [0.2, 0.25) is 21.8 Å². The molecule has 4 amide bonds. The molecule has 1 spiro atoms. The van der Waals surface area contributed by atoms with E-state index in [1.54, 1.807) is 18.1 Å². The Morgan fingerprint density at radius 3 is 2.49 bits per heavy atom. The number of carbonyl (C=O) groups is 4. The van der Waals surface area contributed by atoms with E-state index < -0.39 is 68.1 Å². The second kappa shape index (κ2) is 15.0. The van der Waals surface area contributed by atoms with Crippen LogP contribution in [0.1, 0.15) is 65.2 Å². The van der Waals surface area contributed by atoms with E-state index in [1.807, 2.05) is 54.6 Å². The lowest BCUT2D eigenvalue weighted by atomic mass is 9.62. The molecule has 6 aliphatic rings. The van der Waals surface area contributed by atoms with Crippen LogP contribution >= 0.6 is 0 Å². The number of rotatable bonds is 13. The molecule has 324 valence electrons. The summed E-state index contributed by atoms with van der Waals surface area (Å²) in [5.41, 5.74) is 0.134. The number of piperidine rings is 1. The Labute approximate surface area is 355 Å². The Morgan fingerprint density at radius 2 is 1.80 bits per heavy atom. The molecular weight excluding hydrogens is 801 g/mol. The number of methoxy groups -OCH3 is 1. The van der Waals surface area contributed by atoms with Gasteiger partial charge in [-0.3, -0.25) is 24.0 Å². The first kappa shape index (κ1) is 41.1. The van der Waals surface area contributed by atoms with Gasteiger partial charge in [0.15, 0.2) is 0 Å². The number of carboxylic acid groups (broad SMARTS) is 1. The number of likely N-dealkylation sites (tertiary alicyclic amines) is 1. The molecule has 0 bridgehead atoms. The molecular formula is C45H54N6O9S. The maximum Gasteiger partial charge on any atom is 0.404 e. The highest BCUT2D eigenvalue weighted by molar-refractivity contribution is 7.91. The number of nitrogens with one attached hydrogen (secondary N) is 3. The Morgan fingerprint density at radius 1 is 1.03 bits per heavy atom. The van der Waals surface area contributed by atoms with Crippen molar-refractivity contribution in [2.24, 2.45) is 23.2 Å². The summed E-state index contributed by atoms with van der Waals surface area (Å²) in [7, 11) is -2.31. The van der Waals surface area contributed by atoms with Gasteiger partial charge in [0.05, 0.1) is 30.1 Å². The van der Waals surface area contributed by atoms with Crippen LogP contribution in [0.3, 0.4) is 0 Å². The lowest BCUT2D eigenvalue weighted by molar-refractivity contribution is -0.146. The molecule has 15 nitrogen and oxygen atoms in total. The van der Waals surface area contributed by atoms with Crippen molar-refractivity contribution in [2.45, 2.75) is 99.7 Å². The van der Waals surface area contributed by atoms with Gasteiger partial charge in [-0.2, -0.15) is 0 Å². The number of hydrogen-bond acceptors (Lipinski definition) is 10. The van der Waals surface area contributed by atoms with Gasteiger partial charge < -0.3 is 30.1 Å². The smallest absolute Gasteiger partial charge is 0.404 e. The van der Waals surface area contributed by atoms with Crippen molar-refractivity contribution in [1.82, 2.24) is 30.1 Å². The highest BCUT2D eigenvalue weighted by Crippen LogP contribution is 2.63. The number of fused-ring (bicyclic) bond motifs is 2. The largest absolute Gasteiger partial charge is 0.497 e. The van der Waals surface area contributed by atoms with Gasteiger partial charge in [0, 0.05) is 59.5 Å². The van der Waals surface area contributed by atoms with E-state index in [1.165, 1.54) is 0 Å². The summed E-state index contributed by atoms with van der Waals surface area (Å²) in [5, 5.41) is 14.8. The molecule has 4 unspecified atom stereocenters. The minimum Gasteiger partial charge on any atom is -0.497 e. The Hall–Kier alpha value is -5.22. The number of benzene rings is 2. The molecule has 16 heteroatoms. The van der Waals surface area contributed by atoms with E-state index in [0.717, 1.165) is 36.8 Å². The number of ether oxygens (including phenoxy) is 2. The fourth-order valence-electron chi connectivity index (χ4n) is 10.9. The van der Waals surface area contributed by atoms with Crippen LogP contribution in [0.2, 0.25) is 0 Å². The molecule has 3 saturated carbocycles. The van der Waals surface area contributed by atoms with Crippen LogP contribution in [-0.4, -0.2) is 113 Å². The normalized spacial score (nSPS) is 32.1. The molecule has 61 heavy (non-hydrogen) atoms. The second-order valence-electron chi connectivity index (χ2n) is 18.7. The summed E-state index contributed by atoms with van der Waals surface area (Å²) in [6, 6.07) is 16.3. The Kier molecular flexibility index (Phi) is 10.1. The highest BCUT2D eigenvalue weighted by atomic mass is 32.2.